The molecule has 0 aliphatic carbocycles. The Labute approximate surface area is 155 Å². The van der Waals surface area contributed by atoms with E-state index in [1.54, 1.807) is 0 Å². The van der Waals surface area contributed by atoms with Crippen LogP contribution in [0.15, 0.2) is 0 Å². The standard InChI is InChI=1S/C21H40O4/c1-3-4-5-6-7-8-9-10-11-12-13-14-15-16-23-17-21(2)18-24-20(22)25-19-21/h3-19H2,1-2H3. The molecule has 1 saturated heterocycles. The third-order valence-electron chi connectivity index (χ3n) is 4.92. The Morgan fingerprint density at radius 1 is 0.800 bits per heavy atom. The van der Waals surface area contributed by atoms with Crippen LogP contribution in [0.1, 0.15) is 97.3 Å². The van der Waals surface area contributed by atoms with Gasteiger partial charge >= 0.3 is 6.16 Å². The smallest absolute Gasteiger partial charge is 0.433 e. The molecule has 0 atom stereocenters. The van der Waals surface area contributed by atoms with Crippen LogP contribution in [0.2, 0.25) is 0 Å². The highest BCUT2D eigenvalue weighted by Crippen LogP contribution is 2.22. The molecule has 0 aromatic carbocycles. The minimum Gasteiger partial charge on any atom is -0.433 e. The number of hydrogen-bond acceptors (Lipinski definition) is 4. The normalized spacial score (nSPS) is 16.5. The molecule has 1 heterocycles. The molecule has 25 heavy (non-hydrogen) atoms. The third kappa shape index (κ3) is 12.3. The summed E-state index contributed by atoms with van der Waals surface area (Å²) in [6, 6.07) is 0. The highest BCUT2D eigenvalue weighted by molar-refractivity contribution is 5.60. The van der Waals surface area contributed by atoms with Crippen LogP contribution < -0.4 is 0 Å². The van der Waals surface area contributed by atoms with Crippen LogP contribution in [-0.2, 0) is 14.2 Å². The lowest BCUT2D eigenvalue weighted by atomic mass is 9.94. The van der Waals surface area contributed by atoms with E-state index in [-0.39, 0.29) is 5.41 Å². The number of rotatable bonds is 16. The monoisotopic (exact) mass is 356 g/mol. The molecule has 0 amide bonds. The maximum atomic E-state index is 10.9. The molecular formula is C21H40O4. The first-order chi connectivity index (χ1) is 12.2. The van der Waals surface area contributed by atoms with E-state index in [1.165, 1.54) is 77.0 Å². The van der Waals surface area contributed by atoms with E-state index in [9.17, 15) is 4.79 Å². The zero-order valence-corrected chi connectivity index (χ0v) is 16.7. The van der Waals surface area contributed by atoms with Crippen molar-refractivity contribution in [3.63, 3.8) is 0 Å². The molecule has 0 radical (unpaired) electrons. The van der Waals surface area contributed by atoms with E-state index in [4.69, 9.17) is 14.2 Å². The zero-order valence-electron chi connectivity index (χ0n) is 16.7. The van der Waals surface area contributed by atoms with E-state index < -0.39 is 6.16 Å². The third-order valence-corrected chi connectivity index (χ3v) is 4.92. The van der Waals surface area contributed by atoms with Gasteiger partial charge in [0.05, 0.1) is 12.0 Å². The molecule has 0 N–H and O–H groups in total. The van der Waals surface area contributed by atoms with Crippen molar-refractivity contribution in [3.8, 4) is 0 Å². The van der Waals surface area contributed by atoms with Crippen molar-refractivity contribution < 1.29 is 19.0 Å². The molecule has 1 rings (SSSR count). The van der Waals surface area contributed by atoms with Gasteiger partial charge in [-0.05, 0) is 6.42 Å². The zero-order chi connectivity index (χ0) is 18.2. The summed E-state index contributed by atoms with van der Waals surface area (Å²) in [6.45, 7) is 6.48. The Morgan fingerprint density at radius 3 is 1.72 bits per heavy atom. The van der Waals surface area contributed by atoms with Crippen LogP contribution in [0.5, 0.6) is 0 Å². The highest BCUT2D eigenvalue weighted by atomic mass is 16.7. The summed E-state index contributed by atoms with van der Waals surface area (Å²) < 4.78 is 15.6. The van der Waals surface area contributed by atoms with Gasteiger partial charge in [-0.25, -0.2) is 4.79 Å². The van der Waals surface area contributed by atoms with Gasteiger partial charge in [0.1, 0.15) is 13.2 Å². The molecule has 0 saturated carbocycles. The van der Waals surface area contributed by atoms with Crippen molar-refractivity contribution in [3.05, 3.63) is 0 Å². The number of cyclic esters (lactones) is 2. The Kier molecular flexibility index (Phi) is 12.8. The fourth-order valence-corrected chi connectivity index (χ4v) is 3.17. The van der Waals surface area contributed by atoms with Crippen molar-refractivity contribution in [1.29, 1.82) is 0 Å². The van der Waals surface area contributed by atoms with Crippen LogP contribution in [0.25, 0.3) is 0 Å². The number of carbonyl (C=O) groups is 1. The van der Waals surface area contributed by atoms with Crippen LogP contribution in [0, 0.1) is 5.41 Å². The first kappa shape index (κ1) is 22.3. The second-order valence-corrected chi connectivity index (χ2v) is 7.93. The van der Waals surface area contributed by atoms with Crippen LogP contribution in [-0.4, -0.2) is 32.6 Å². The number of ether oxygens (including phenoxy) is 3. The predicted octanol–water partition coefficient (Wildman–Crippen LogP) is 6.27. The van der Waals surface area contributed by atoms with Gasteiger partial charge < -0.3 is 14.2 Å². The molecule has 1 aliphatic rings. The average molecular weight is 357 g/mol. The Balaban J connectivity index is 1.77. The Hall–Kier alpha value is -0.770. The summed E-state index contributed by atoms with van der Waals surface area (Å²) in [5.41, 5.74) is -0.190. The van der Waals surface area contributed by atoms with Gasteiger partial charge in [0.15, 0.2) is 0 Å². The van der Waals surface area contributed by atoms with Gasteiger partial charge in [-0.2, -0.15) is 0 Å². The van der Waals surface area contributed by atoms with E-state index in [0.29, 0.717) is 19.8 Å². The molecule has 0 aromatic heterocycles. The number of carbonyl (C=O) groups excluding carboxylic acids is 1. The molecule has 4 heteroatoms. The second-order valence-electron chi connectivity index (χ2n) is 7.93. The van der Waals surface area contributed by atoms with Crippen molar-refractivity contribution >= 4 is 6.16 Å². The Morgan fingerprint density at radius 2 is 1.24 bits per heavy atom. The summed E-state index contributed by atoms with van der Waals surface area (Å²) in [6.07, 6.45) is 17.2. The molecule has 1 fully saturated rings. The van der Waals surface area contributed by atoms with Gasteiger partial charge in [0, 0.05) is 6.61 Å². The van der Waals surface area contributed by atoms with E-state index in [1.807, 2.05) is 6.92 Å². The lowest BCUT2D eigenvalue weighted by molar-refractivity contribution is -0.0852. The lowest BCUT2D eigenvalue weighted by Gasteiger charge is -2.31. The fraction of sp³-hybridized carbons (Fsp3) is 0.952. The van der Waals surface area contributed by atoms with E-state index >= 15 is 0 Å². The predicted molar refractivity (Wildman–Crippen MR) is 102 cm³/mol. The molecule has 0 spiro atoms. The summed E-state index contributed by atoms with van der Waals surface area (Å²) in [5, 5.41) is 0. The minimum atomic E-state index is -0.561. The van der Waals surface area contributed by atoms with Crippen LogP contribution in [0.3, 0.4) is 0 Å². The molecule has 4 nitrogen and oxygen atoms in total. The second kappa shape index (κ2) is 14.4. The van der Waals surface area contributed by atoms with E-state index in [0.717, 1.165) is 13.0 Å². The summed E-state index contributed by atoms with van der Waals surface area (Å²) in [5.74, 6) is 0. The summed E-state index contributed by atoms with van der Waals surface area (Å²) in [7, 11) is 0. The number of hydrogen-bond donors (Lipinski definition) is 0. The SMILES string of the molecule is CCCCCCCCCCCCCCCOCC1(C)COC(=O)OC1. The van der Waals surface area contributed by atoms with Crippen molar-refractivity contribution in [2.24, 2.45) is 5.41 Å². The van der Waals surface area contributed by atoms with Crippen molar-refractivity contribution in [1.82, 2.24) is 0 Å². The molecule has 0 aromatic rings. The van der Waals surface area contributed by atoms with E-state index in [2.05, 4.69) is 6.92 Å². The van der Waals surface area contributed by atoms with Gasteiger partial charge in [-0.1, -0.05) is 90.9 Å². The van der Waals surface area contributed by atoms with Crippen molar-refractivity contribution in [2.75, 3.05) is 26.4 Å². The van der Waals surface area contributed by atoms with Gasteiger partial charge in [0.25, 0.3) is 0 Å². The molecule has 148 valence electrons. The fourth-order valence-electron chi connectivity index (χ4n) is 3.17. The van der Waals surface area contributed by atoms with Gasteiger partial charge in [-0.3, -0.25) is 0 Å². The molecule has 0 bridgehead atoms. The maximum Gasteiger partial charge on any atom is 0.508 e. The quantitative estimate of drug-likeness (QED) is 0.241. The van der Waals surface area contributed by atoms with Gasteiger partial charge in [0.2, 0.25) is 0 Å². The summed E-state index contributed by atoms with van der Waals surface area (Å²) in [4.78, 5) is 10.9. The lowest BCUT2D eigenvalue weighted by Crippen LogP contribution is -2.40. The van der Waals surface area contributed by atoms with Crippen molar-refractivity contribution in [2.45, 2.75) is 97.3 Å². The molecule has 0 unspecified atom stereocenters. The highest BCUT2D eigenvalue weighted by Gasteiger charge is 2.33. The number of unbranched alkanes of at least 4 members (excludes halogenated alkanes) is 12. The van der Waals surface area contributed by atoms with Crippen LogP contribution >= 0.6 is 0 Å². The average Bonchev–Trinajstić information content (AvgIpc) is 2.61. The first-order valence-electron chi connectivity index (χ1n) is 10.5. The topological polar surface area (TPSA) is 44.8 Å². The first-order valence-corrected chi connectivity index (χ1v) is 10.5. The Bertz CT molecular complexity index is 320. The minimum absolute atomic E-state index is 0.190. The largest absolute Gasteiger partial charge is 0.508 e. The molecule has 1 aliphatic heterocycles. The molecular weight excluding hydrogens is 316 g/mol. The maximum absolute atomic E-state index is 10.9. The van der Waals surface area contributed by atoms with Crippen LogP contribution in [0.4, 0.5) is 4.79 Å². The summed E-state index contributed by atoms with van der Waals surface area (Å²) >= 11 is 0. The van der Waals surface area contributed by atoms with Gasteiger partial charge in [-0.15, -0.1) is 0 Å².